The second-order valence-electron chi connectivity index (χ2n) is 6.03. The van der Waals surface area contributed by atoms with Crippen LogP contribution in [0.15, 0.2) is 48.8 Å². The molecule has 1 aromatic heterocycles. The summed E-state index contributed by atoms with van der Waals surface area (Å²) in [5.41, 5.74) is 2.18. The molecule has 0 atom stereocenters. The number of amides is 1. The molecule has 1 saturated heterocycles. The first-order valence-electron chi connectivity index (χ1n) is 8.35. The number of rotatable bonds is 4. The van der Waals surface area contributed by atoms with Crippen molar-refractivity contribution < 1.29 is 4.79 Å². The molecule has 3 rings (SSSR count). The Morgan fingerprint density at radius 1 is 1.09 bits per heavy atom. The van der Waals surface area contributed by atoms with Crippen molar-refractivity contribution in [3.05, 3.63) is 59.9 Å². The van der Waals surface area contributed by atoms with E-state index in [9.17, 15) is 4.79 Å². The van der Waals surface area contributed by atoms with E-state index in [1.807, 2.05) is 40.1 Å². The van der Waals surface area contributed by atoms with Crippen LogP contribution in [0.3, 0.4) is 0 Å². The third-order valence-electron chi connectivity index (χ3n) is 4.18. The lowest BCUT2D eigenvalue weighted by Crippen LogP contribution is -2.30. The molecular formula is C19H23N3O. The van der Waals surface area contributed by atoms with Gasteiger partial charge in [-0.25, -0.2) is 0 Å². The average molecular weight is 309 g/mol. The van der Waals surface area contributed by atoms with Crippen LogP contribution < -0.4 is 0 Å². The Kier molecular flexibility index (Phi) is 5.25. The molecule has 0 radical (unpaired) electrons. The van der Waals surface area contributed by atoms with Crippen molar-refractivity contribution >= 4 is 12.0 Å². The molecule has 0 spiro atoms. The first kappa shape index (κ1) is 15.5. The number of likely N-dealkylation sites (tertiary alicyclic amines) is 1. The first-order valence-corrected chi connectivity index (χ1v) is 8.35. The van der Waals surface area contributed by atoms with Crippen molar-refractivity contribution in [2.45, 2.75) is 32.2 Å². The second kappa shape index (κ2) is 7.77. The van der Waals surface area contributed by atoms with E-state index in [4.69, 9.17) is 0 Å². The quantitative estimate of drug-likeness (QED) is 0.812. The average Bonchev–Trinajstić information content (AvgIpc) is 2.84. The van der Waals surface area contributed by atoms with Gasteiger partial charge in [-0.3, -0.25) is 9.48 Å². The van der Waals surface area contributed by atoms with E-state index in [0.717, 1.165) is 38.0 Å². The van der Waals surface area contributed by atoms with Crippen LogP contribution in [0.2, 0.25) is 0 Å². The highest BCUT2D eigenvalue weighted by Gasteiger charge is 2.12. The van der Waals surface area contributed by atoms with Gasteiger partial charge >= 0.3 is 0 Å². The van der Waals surface area contributed by atoms with Crippen molar-refractivity contribution in [1.29, 1.82) is 0 Å². The Bertz CT molecular complexity index is 652. The zero-order chi connectivity index (χ0) is 15.9. The molecule has 4 nitrogen and oxygen atoms in total. The van der Waals surface area contributed by atoms with Gasteiger partial charge in [0.25, 0.3) is 0 Å². The standard InChI is InChI=1S/C19H23N3O/c23-19(21-12-6-1-2-7-13-21)11-10-18-14-20-22(16-18)15-17-8-4-3-5-9-17/h3-5,8-11,14,16H,1-2,6-7,12-13,15H2. The molecule has 1 amide bonds. The normalized spacial score (nSPS) is 15.7. The third kappa shape index (κ3) is 4.55. The summed E-state index contributed by atoms with van der Waals surface area (Å²) in [7, 11) is 0. The van der Waals surface area contributed by atoms with E-state index < -0.39 is 0 Å². The van der Waals surface area contributed by atoms with E-state index in [1.54, 1.807) is 12.3 Å². The van der Waals surface area contributed by atoms with Crippen LogP contribution in [-0.2, 0) is 11.3 Å². The fourth-order valence-corrected chi connectivity index (χ4v) is 2.89. The Hall–Kier alpha value is -2.36. The van der Waals surface area contributed by atoms with Crippen molar-refractivity contribution in [3.8, 4) is 0 Å². The second-order valence-corrected chi connectivity index (χ2v) is 6.03. The molecule has 0 bridgehead atoms. The van der Waals surface area contributed by atoms with Crippen molar-refractivity contribution in [3.63, 3.8) is 0 Å². The smallest absolute Gasteiger partial charge is 0.246 e. The van der Waals surface area contributed by atoms with E-state index in [1.165, 1.54) is 18.4 Å². The maximum Gasteiger partial charge on any atom is 0.246 e. The fourth-order valence-electron chi connectivity index (χ4n) is 2.89. The van der Waals surface area contributed by atoms with E-state index >= 15 is 0 Å². The highest BCUT2D eigenvalue weighted by molar-refractivity contribution is 5.91. The number of hydrogen-bond acceptors (Lipinski definition) is 2. The number of carbonyl (C=O) groups excluding carboxylic acids is 1. The molecule has 4 heteroatoms. The van der Waals surface area contributed by atoms with Gasteiger partial charge in [-0.15, -0.1) is 0 Å². The lowest BCUT2D eigenvalue weighted by atomic mass is 10.2. The van der Waals surface area contributed by atoms with Crippen LogP contribution in [0.25, 0.3) is 6.08 Å². The number of benzene rings is 1. The summed E-state index contributed by atoms with van der Waals surface area (Å²) in [4.78, 5) is 14.2. The molecule has 0 saturated carbocycles. The molecule has 1 aliphatic heterocycles. The minimum absolute atomic E-state index is 0.114. The van der Waals surface area contributed by atoms with Crippen LogP contribution in [0.5, 0.6) is 0 Å². The predicted octanol–water partition coefficient (Wildman–Crippen LogP) is 3.35. The van der Waals surface area contributed by atoms with Crippen LogP contribution in [0.1, 0.15) is 36.8 Å². The predicted molar refractivity (Wildman–Crippen MR) is 91.9 cm³/mol. The highest BCUT2D eigenvalue weighted by Crippen LogP contribution is 2.11. The fraction of sp³-hybridized carbons (Fsp3) is 0.368. The molecule has 2 aromatic rings. The monoisotopic (exact) mass is 309 g/mol. The Morgan fingerprint density at radius 3 is 2.57 bits per heavy atom. The SMILES string of the molecule is O=C(C=Cc1cnn(Cc2ccccc2)c1)N1CCCCCC1. The van der Waals surface area contributed by atoms with Crippen molar-refractivity contribution in [2.75, 3.05) is 13.1 Å². The van der Waals surface area contributed by atoms with Crippen LogP contribution in [0, 0.1) is 0 Å². The third-order valence-corrected chi connectivity index (χ3v) is 4.18. The number of carbonyl (C=O) groups is 1. The van der Waals surface area contributed by atoms with Gasteiger partial charge in [-0.05, 0) is 24.5 Å². The minimum Gasteiger partial charge on any atom is -0.339 e. The minimum atomic E-state index is 0.114. The summed E-state index contributed by atoms with van der Waals surface area (Å²) >= 11 is 0. The zero-order valence-electron chi connectivity index (χ0n) is 13.4. The zero-order valence-corrected chi connectivity index (χ0v) is 13.4. The maximum atomic E-state index is 12.2. The Labute approximate surface area is 137 Å². The number of hydrogen-bond donors (Lipinski definition) is 0. The molecular weight excluding hydrogens is 286 g/mol. The molecule has 120 valence electrons. The van der Waals surface area contributed by atoms with Gasteiger partial charge in [-0.2, -0.15) is 5.10 Å². The first-order chi connectivity index (χ1) is 11.3. The summed E-state index contributed by atoms with van der Waals surface area (Å²) in [5.74, 6) is 0.114. The largest absolute Gasteiger partial charge is 0.339 e. The summed E-state index contributed by atoms with van der Waals surface area (Å²) in [6.07, 6.45) is 12.0. The maximum absolute atomic E-state index is 12.2. The highest BCUT2D eigenvalue weighted by atomic mass is 16.2. The van der Waals surface area contributed by atoms with Gasteiger partial charge in [0.15, 0.2) is 0 Å². The lowest BCUT2D eigenvalue weighted by Gasteiger charge is -2.17. The van der Waals surface area contributed by atoms with Gasteiger partial charge in [0.1, 0.15) is 0 Å². The molecule has 0 N–H and O–H groups in total. The van der Waals surface area contributed by atoms with Gasteiger partial charge in [0.2, 0.25) is 5.91 Å². The Morgan fingerprint density at radius 2 is 1.83 bits per heavy atom. The van der Waals surface area contributed by atoms with Crippen molar-refractivity contribution in [1.82, 2.24) is 14.7 Å². The van der Waals surface area contributed by atoms with Gasteiger partial charge < -0.3 is 4.90 Å². The van der Waals surface area contributed by atoms with E-state index in [0.29, 0.717) is 0 Å². The molecule has 0 unspecified atom stereocenters. The van der Waals surface area contributed by atoms with Crippen LogP contribution >= 0.6 is 0 Å². The van der Waals surface area contributed by atoms with Gasteiger partial charge in [0, 0.05) is 30.9 Å². The molecule has 1 aliphatic rings. The molecule has 23 heavy (non-hydrogen) atoms. The van der Waals surface area contributed by atoms with Gasteiger partial charge in [-0.1, -0.05) is 43.2 Å². The number of aromatic nitrogens is 2. The summed E-state index contributed by atoms with van der Waals surface area (Å²) in [5, 5.41) is 4.36. The van der Waals surface area contributed by atoms with E-state index in [-0.39, 0.29) is 5.91 Å². The molecule has 1 aromatic carbocycles. The van der Waals surface area contributed by atoms with Crippen LogP contribution in [-0.4, -0.2) is 33.7 Å². The lowest BCUT2D eigenvalue weighted by molar-refractivity contribution is -0.125. The number of nitrogens with zero attached hydrogens (tertiary/aromatic N) is 3. The summed E-state index contributed by atoms with van der Waals surface area (Å²) in [6.45, 7) is 2.52. The molecule has 2 heterocycles. The van der Waals surface area contributed by atoms with Crippen molar-refractivity contribution in [2.24, 2.45) is 0 Å². The van der Waals surface area contributed by atoms with Crippen LogP contribution in [0.4, 0.5) is 0 Å². The van der Waals surface area contributed by atoms with Gasteiger partial charge in [0.05, 0.1) is 12.7 Å². The summed E-state index contributed by atoms with van der Waals surface area (Å²) in [6, 6.07) is 10.2. The Balaban J connectivity index is 1.58. The topological polar surface area (TPSA) is 38.1 Å². The molecule has 1 fully saturated rings. The summed E-state index contributed by atoms with van der Waals surface area (Å²) < 4.78 is 1.89. The van der Waals surface area contributed by atoms with E-state index in [2.05, 4.69) is 17.2 Å². The molecule has 0 aliphatic carbocycles.